The van der Waals surface area contributed by atoms with E-state index < -0.39 is 6.10 Å². The van der Waals surface area contributed by atoms with Crippen LogP contribution in [0, 0.1) is 0 Å². The summed E-state index contributed by atoms with van der Waals surface area (Å²) >= 11 is 0. The van der Waals surface area contributed by atoms with Gasteiger partial charge in [0.15, 0.2) is 0 Å². The second-order valence-corrected chi connectivity index (χ2v) is 2.89. The third kappa shape index (κ3) is 3.87. The number of aliphatic hydroxyl groups excluding tert-OH is 2. The van der Waals surface area contributed by atoms with Crippen LogP contribution in [0.15, 0.2) is 36.4 Å². The summed E-state index contributed by atoms with van der Waals surface area (Å²) in [5, 5.41) is 17.6. The van der Waals surface area contributed by atoms with E-state index in [-0.39, 0.29) is 6.61 Å². The number of hydrogen-bond donors (Lipinski definition) is 2. The molecule has 1 unspecified atom stereocenters. The molecule has 0 bridgehead atoms. The molecule has 2 nitrogen and oxygen atoms in total. The number of hydrogen-bond acceptors (Lipinski definition) is 2. The van der Waals surface area contributed by atoms with E-state index in [2.05, 4.69) is 0 Å². The standard InChI is InChI=1S/C11H14O2/c12-9-11(13)8-4-7-10-5-2-1-3-6-10/h1-7,11-13H,8-9H2/b7-4+. The molecule has 0 aliphatic heterocycles. The zero-order valence-electron chi connectivity index (χ0n) is 7.43. The molecule has 1 rings (SSSR count). The Morgan fingerprint density at radius 3 is 2.54 bits per heavy atom. The molecule has 0 aliphatic rings. The first kappa shape index (κ1) is 9.96. The highest BCUT2D eigenvalue weighted by atomic mass is 16.3. The maximum atomic E-state index is 9.03. The summed E-state index contributed by atoms with van der Waals surface area (Å²) < 4.78 is 0. The van der Waals surface area contributed by atoms with Gasteiger partial charge in [-0.3, -0.25) is 0 Å². The van der Waals surface area contributed by atoms with Crippen LogP contribution in [0.3, 0.4) is 0 Å². The SMILES string of the molecule is OCC(O)C/C=C/c1ccccc1. The Labute approximate surface area is 78.2 Å². The van der Waals surface area contributed by atoms with E-state index in [4.69, 9.17) is 10.2 Å². The monoisotopic (exact) mass is 178 g/mol. The van der Waals surface area contributed by atoms with E-state index in [0.717, 1.165) is 5.56 Å². The molecule has 2 heteroatoms. The predicted molar refractivity (Wildman–Crippen MR) is 53.2 cm³/mol. The maximum absolute atomic E-state index is 9.03. The van der Waals surface area contributed by atoms with E-state index >= 15 is 0 Å². The van der Waals surface area contributed by atoms with Crippen LogP contribution in [0.4, 0.5) is 0 Å². The molecular formula is C11H14O2. The molecule has 0 radical (unpaired) electrons. The van der Waals surface area contributed by atoms with Crippen molar-refractivity contribution in [1.82, 2.24) is 0 Å². The van der Waals surface area contributed by atoms with Crippen molar-refractivity contribution < 1.29 is 10.2 Å². The average Bonchev–Trinajstić information content (AvgIpc) is 2.19. The Morgan fingerprint density at radius 1 is 1.23 bits per heavy atom. The van der Waals surface area contributed by atoms with Gasteiger partial charge in [0.2, 0.25) is 0 Å². The molecule has 0 amide bonds. The lowest BCUT2D eigenvalue weighted by atomic mass is 10.2. The minimum absolute atomic E-state index is 0.181. The third-order valence-electron chi connectivity index (χ3n) is 1.73. The number of aliphatic hydroxyl groups is 2. The molecule has 0 saturated carbocycles. The van der Waals surface area contributed by atoms with Gasteiger partial charge in [-0.2, -0.15) is 0 Å². The Morgan fingerprint density at radius 2 is 1.92 bits per heavy atom. The predicted octanol–water partition coefficient (Wildman–Crippen LogP) is 1.44. The summed E-state index contributed by atoms with van der Waals surface area (Å²) in [5.41, 5.74) is 1.10. The Hall–Kier alpha value is -1.12. The fraction of sp³-hybridized carbons (Fsp3) is 0.273. The van der Waals surface area contributed by atoms with E-state index in [1.165, 1.54) is 0 Å². The van der Waals surface area contributed by atoms with Gasteiger partial charge in [0, 0.05) is 0 Å². The van der Waals surface area contributed by atoms with Crippen LogP contribution < -0.4 is 0 Å². The van der Waals surface area contributed by atoms with Gasteiger partial charge in [-0.05, 0) is 12.0 Å². The van der Waals surface area contributed by atoms with Crippen molar-refractivity contribution in [3.63, 3.8) is 0 Å². The lowest BCUT2D eigenvalue weighted by molar-refractivity contribution is 0.0977. The molecule has 0 aliphatic carbocycles. The summed E-state index contributed by atoms with van der Waals surface area (Å²) in [6, 6.07) is 9.86. The second kappa shape index (κ2) is 5.51. The van der Waals surface area contributed by atoms with Gasteiger partial charge in [0.05, 0.1) is 12.7 Å². The number of benzene rings is 1. The van der Waals surface area contributed by atoms with E-state index in [9.17, 15) is 0 Å². The second-order valence-electron chi connectivity index (χ2n) is 2.89. The molecule has 1 aromatic carbocycles. The lowest BCUT2D eigenvalue weighted by Gasteiger charge is -2.00. The van der Waals surface area contributed by atoms with E-state index in [0.29, 0.717) is 6.42 Å². The topological polar surface area (TPSA) is 40.5 Å². The summed E-state index contributed by atoms with van der Waals surface area (Å²) in [7, 11) is 0. The van der Waals surface area contributed by atoms with Crippen LogP contribution in [0.5, 0.6) is 0 Å². The molecule has 1 atom stereocenters. The van der Waals surface area contributed by atoms with Crippen molar-refractivity contribution in [3.05, 3.63) is 42.0 Å². The van der Waals surface area contributed by atoms with Gasteiger partial charge in [0.1, 0.15) is 0 Å². The van der Waals surface area contributed by atoms with Gasteiger partial charge in [-0.1, -0.05) is 42.5 Å². The molecule has 13 heavy (non-hydrogen) atoms. The van der Waals surface area contributed by atoms with Crippen molar-refractivity contribution in [2.45, 2.75) is 12.5 Å². The van der Waals surface area contributed by atoms with E-state index in [1.54, 1.807) is 0 Å². The van der Waals surface area contributed by atoms with Crippen molar-refractivity contribution in [3.8, 4) is 0 Å². The minimum Gasteiger partial charge on any atom is -0.394 e. The molecule has 0 aromatic heterocycles. The van der Waals surface area contributed by atoms with Crippen LogP contribution in [-0.4, -0.2) is 22.9 Å². The molecular weight excluding hydrogens is 164 g/mol. The molecule has 0 heterocycles. The van der Waals surface area contributed by atoms with Gasteiger partial charge in [-0.15, -0.1) is 0 Å². The van der Waals surface area contributed by atoms with Crippen molar-refractivity contribution in [2.24, 2.45) is 0 Å². The Balaban J connectivity index is 2.41. The summed E-state index contributed by atoms with van der Waals surface area (Å²) in [6.07, 6.45) is 3.64. The fourth-order valence-corrected chi connectivity index (χ4v) is 1.000. The minimum atomic E-state index is -0.639. The Kier molecular flexibility index (Phi) is 4.23. The highest BCUT2D eigenvalue weighted by Gasteiger charge is 1.96. The molecule has 1 aromatic rings. The van der Waals surface area contributed by atoms with Gasteiger partial charge in [-0.25, -0.2) is 0 Å². The molecule has 0 spiro atoms. The van der Waals surface area contributed by atoms with Gasteiger partial charge < -0.3 is 10.2 Å². The largest absolute Gasteiger partial charge is 0.394 e. The quantitative estimate of drug-likeness (QED) is 0.732. The van der Waals surface area contributed by atoms with Crippen LogP contribution in [0.1, 0.15) is 12.0 Å². The average molecular weight is 178 g/mol. The maximum Gasteiger partial charge on any atom is 0.0805 e. The lowest BCUT2D eigenvalue weighted by Crippen LogP contribution is -2.09. The highest BCUT2D eigenvalue weighted by Crippen LogP contribution is 2.02. The third-order valence-corrected chi connectivity index (χ3v) is 1.73. The normalized spacial score (nSPS) is 13.4. The first-order valence-electron chi connectivity index (χ1n) is 4.33. The van der Waals surface area contributed by atoms with Crippen molar-refractivity contribution in [1.29, 1.82) is 0 Å². The fourth-order valence-electron chi connectivity index (χ4n) is 1.000. The molecule has 0 fully saturated rings. The van der Waals surface area contributed by atoms with Gasteiger partial charge in [0.25, 0.3) is 0 Å². The van der Waals surface area contributed by atoms with Crippen LogP contribution in [0.25, 0.3) is 6.08 Å². The van der Waals surface area contributed by atoms with E-state index in [1.807, 2.05) is 42.5 Å². The summed E-state index contributed by atoms with van der Waals surface area (Å²) in [4.78, 5) is 0. The highest BCUT2D eigenvalue weighted by molar-refractivity contribution is 5.48. The van der Waals surface area contributed by atoms with Crippen molar-refractivity contribution in [2.75, 3.05) is 6.61 Å². The molecule has 0 saturated heterocycles. The van der Waals surface area contributed by atoms with Crippen LogP contribution in [-0.2, 0) is 0 Å². The zero-order valence-corrected chi connectivity index (χ0v) is 7.43. The smallest absolute Gasteiger partial charge is 0.0805 e. The van der Waals surface area contributed by atoms with Crippen molar-refractivity contribution >= 4 is 6.08 Å². The van der Waals surface area contributed by atoms with Crippen LogP contribution >= 0.6 is 0 Å². The Bertz CT molecular complexity index is 254. The summed E-state index contributed by atoms with van der Waals surface area (Å²) in [5.74, 6) is 0. The molecule has 70 valence electrons. The zero-order chi connectivity index (χ0) is 9.52. The number of rotatable bonds is 4. The first-order valence-corrected chi connectivity index (χ1v) is 4.33. The van der Waals surface area contributed by atoms with Gasteiger partial charge >= 0.3 is 0 Å². The first-order chi connectivity index (χ1) is 6.33. The summed E-state index contributed by atoms with van der Waals surface area (Å²) in [6.45, 7) is -0.181. The molecule has 2 N–H and O–H groups in total. The van der Waals surface area contributed by atoms with Crippen LogP contribution in [0.2, 0.25) is 0 Å².